The van der Waals surface area contributed by atoms with Gasteiger partial charge in [0.15, 0.2) is 11.5 Å². The van der Waals surface area contributed by atoms with Gasteiger partial charge >= 0.3 is 0 Å². The number of carbonyl (C=O) groups is 1. The van der Waals surface area contributed by atoms with Gasteiger partial charge in [-0.3, -0.25) is 4.79 Å². The second kappa shape index (κ2) is 11.5. The third kappa shape index (κ3) is 6.24. The van der Waals surface area contributed by atoms with E-state index in [2.05, 4.69) is 21.2 Å². The minimum Gasteiger partial charge on any atom is -0.490 e. The molecule has 1 N–H and O–H groups in total. The summed E-state index contributed by atoms with van der Waals surface area (Å²) in [5.74, 6) is -0.0403. The number of hydrogen-bond acceptors (Lipinski definition) is 4. The third-order valence-electron chi connectivity index (χ3n) is 5.01. The molecule has 0 aliphatic carbocycles. The van der Waals surface area contributed by atoms with Crippen LogP contribution in [0.3, 0.4) is 0 Å². The Hall–Kier alpha value is -3.63. The van der Waals surface area contributed by atoms with Gasteiger partial charge in [0.1, 0.15) is 24.1 Å². The van der Waals surface area contributed by atoms with Crippen LogP contribution in [0.15, 0.2) is 64.6 Å². The molecule has 34 heavy (non-hydrogen) atoms. The molecule has 0 saturated heterocycles. The minimum absolute atomic E-state index is 0.0239. The molecule has 0 saturated carbocycles. The van der Waals surface area contributed by atoms with Crippen LogP contribution in [-0.4, -0.2) is 12.5 Å². The fraction of sp³-hybridized carbons (Fsp3) is 0.185. The van der Waals surface area contributed by atoms with Gasteiger partial charge in [-0.15, -0.1) is 0 Å². The van der Waals surface area contributed by atoms with Crippen molar-refractivity contribution in [3.63, 3.8) is 0 Å². The Kier molecular flexibility index (Phi) is 8.44. The van der Waals surface area contributed by atoms with Crippen molar-refractivity contribution in [2.75, 3.05) is 11.9 Å². The topological polar surface area (TPSA) is 71.3 Å². The van der Waals surface area contributed by atoms with E-state index in [1.165, 1.54) is 12.1 Å². The van der Waals surface area contributed by atoms with Gasteiger partial charge in [-0.05, 0) is 67.8 Å². The Bertz CT molecular complexity index is 1280. The zero-order valence-corrected chi connectivity index (χ0v) is 20.7. The number of aryl methyl sites for hydroxylation is 2. The van der Waals surface area contributed by atoms with Crippen molar-refractivity contribution in [1.29, 1.82) is 5.26 Å². The molecule has 5 nitrogen and oxygen atoms in total. The predicted octanol–water partition coefficient (Wildman–Crippen LogP) is 6.73. The van der Waals surface area contributed by atoms with E-state index in [1.54, 1.807) is 30.3 Å². The van der Waals surface area contributed by atoms with Gasteiger partial charge in [0.05, 0.1) is 6.61 Å². The highest BCUT2D eigenvalue weighted by Crippen LogP contribution is 2.35. The number of anilines is 1. The molecular weight excluding hydrogens is 499 g/mol. The molecule has 0 heterocycles. The molecule has 0 aromatic heterocycles. The van der Waals surface area contributed by atoms with Gasteiger partial charge in [0.25, 0.3) is 5.91 Å². The highest BCUT2D eigenvalue weighted by molar-refractivity contribution is 9.10. The lowest BCUT2D eigenvalue weighted by molar-refractivity contribution is -0.112. The van der Waals surface area contributed by atoms with Crippen molar-refractivity contribution in [1.82, 2.24) is 0 Å². The zero-order chi connectivity index (χ0) is 24.7. The molecule has 0 unspecified atom stereocenters. The van der Waals surface area contributed by atoms with Gasteiger partial charge in [-0.1, -0.05) is 46.3 Å². The number of amides is 1. The molecule has 174 valence electrons. The maximum atomic E-state index is 13.9. The van der Waals surface area contributed by atoms with E-state index in [9.17, 15) is 14.4 Å². The second-order valence-corrected chi connectivity index (χ2v) is 8.43. The smallest absolute Gasteiger partial charge is 0.266 e. The molecule has 0 spiro atoms. The molecule has 0 fully saturated rings. The van der Waals surface area contributed by atoms with Crippen molar-refractivity contribution in [3.8, 4) is 17.6 Å². The fourth-order valence-corrected chi connectivity index (χ4v) is 3.61. The summed E-state index contributed by atoms with van der Waals surface area (Å²) in [6.07, 6.45) is 1.48. The maximum absolute atomic E-state index is 13.9. The molecule has 3 rings (SSSR count). The fourth-order valence-electron chi connectivity index (χ4n) is 3.18. The van der Waals surface area contributed by atoms with E-state index in [4.69, 9.17) is 9.47 Å². The molecule has 0 radical (unpaired) electrons. The number of halogens is 2. The number of ether oxygens (including phenoxy) is 2. The number of benzene rings is 3. The minimum atomic E-state index is -0.513. The number of hydrogen-bond donors (Lipinski definition) is 1. The summed E-state index contributed by atoms with van der Waals surface area (Å²) in [5.41, 5.74) is 3.46. The molecule has 0 bridgehead atoms. The van der Waals surface area contributed by atoms with Crippen LogP contribution >= 0.6 is 15.9 Å². The quantitative estimate of drug-likeness (QED) is 0.263. The van der Waals surface area contributed by atoms with Gasteiger partial charge in [0, 0.05) is 15.7 Å². The Morgan fingerprint density at radius 1 is 1.12 bits per heavy atom. The van der Waals surface area contributed by atoms with Crippen LogP contribution in [0.1, 0.15) is 29.2 Å². The molecule has 0 aliphatic heterocycles. The van der Waals surface area contributed by atoms with Crippen molar-refractivity contribution in [2.45, 2.75) is 27.4 Å². The number of nitrogens with zero attached hydrogens (tertiary/aromatic N) is 1. The third-order valence-corrected chi connectivity index (χ3v) is 5.70. The lowest BCUT2D eigenvalue weighted by atomic mass is 10.1. The van der Waals surface area contributed by atoms with Crippen LogP contribution in [0.4, 0.5) is 10.1 Å². The van der Waals surface area contributed by atoms with Gasteiger partial charge in [0.2, 0.25) is 0 Å². The van der Waals surface area contributed by atoms with Crippen LogP contribution in [0.5, 0.6) is 11.5 Å². The highest BCUT2D eigenvalue weighted by atomic mass is 79.9. The lowest BCUT2D eigenvalue weighted by Gasteiger charge is -2.14. The highest BCUT2D eigenvalue weighted by Gasteiger charge is 2.15. The largest absolute Gasteiger partial charge is 0.490 e. The summed E-state index contributed by atoms with van der Waals surface area (Å²) >= 11 is 3.47. The van der Waals surface area contributed by atoms with Crippen LogP contribution in [0, 0.1) is 31.0 Å². The number of rotatable bonds is 8. The molecular formula is C27H24BrFN2O3. The van der Waals surface area contributed by atoms with E-state index in [-0.39, 0.29) is 18.0 Å². The standard InChI is InChI=1S/C27H24BrFN2O3/c1-4-33-25-13-20(22(28)14-26(25)34-16-19-7-5-6-8-23(19)29)12-21(15-30)27(32)31-24-11-17(2)9-10-18(24)3/h5-14H,4,16H2,1-3H3,(H,31,32)/b21-12+. The summed E-state index contributed by atoms with van der Waals surface area (Å²) in [7, 11) is 0. The summed E-state index contributed by atoms with van der Waals surface area (Å²) in [4.78, 5) is 12.8. The summed E-state index contributed by atoms with van der Waals surface area (Å²) in [6, 6.07) is 17.4. The van der Waals surface area contributed by atoms with Crippen LogP contribution in [-0.2, 0) is 11.4 Å². The van der Waals surface area contributed by atoms with Crippen molar-refractivity contribution < 1.29 is 18.7 Å². The molecule has 3 aromatic carbocycles. The van der Waals surface area contributed by atoms with Crippen molar-refractivity contribution in [2.24, 2.45) is 0 Å². The first-order valence-electron chi connectivity index (χ1n) is 10.6. The SMILES string of the molecule is CCOc1cc(/C=C(\C#N)C(=O)Nc2cc(C)ccc2C)c(Br)cc1OCc1ccccc1F. The van der Waals surface area contributed by atoms with E-state index in [0.29, 0.717) is 39.4 Å². The normalized spacial score (nSPS) is 11.0. The Labute approximate surface area is 207 Å². The molecule has 1 amide bonds. The number of carbonyl (C=O) groups excluding carboxylic acids is 1. The first-order valence-corrected chi connectivity index (χ1v) is 11.4. The van der Waals surface area contributed by atoms with Crippen LogP contribution in [0.2, 0.25) is 0 Å². The van der Waals surface area contributed by atoms with Crippen LogP contribution < -0.4 is 14.8 Å². The Morgan fingerprint density at radius 3 is 2.56 bits per heavy atom. The van der Waals surface area contributed by atoms with Gasteiger partial charge in [-0.2, -0.15) is 5.26 Å². The maximum Gasteiger partial charge on any atom is 0.266 e. The van der Waals surface area contributed by atoms with E-state index in [1.807, 2.05) is 45.0 Å². The summed E-state index contributed by atoms with van der Waals surface area (Å²) in [5, 5.41) is 12.4. The Morgan fingerprint density at radius 2 is 1.85 bits per heavy atom. The van der Waals surface area contributed by atoms with Crippen molar-refractivity contribution in [3.05, 3.63) is 92.7 Å². The average molecular weight is 523 g/mol. The first kappa shape index (κ1) is 25.0. The number of nitrogens with one attached hydrogen (secondary N) is 1. The molecule has 0 aliphatic rings. The second-order valence-electron chi connectivity index (χ2n) is 7.58. The van der Waals surface area contributed by atoms with E-state index >= 15 is 0 Å². The van der Waals surface area contributed by atoms with Gasteiger partial charge < -0.3 is 14.8 Å². The number of nitriles is 1. The van der Waals surface area contributed by atoms with E-state index in [0.717, 1.165) is 11.1 Å². The lowest BCUT2D eigenvalue weighted by Crippen LogP contribution is -2.14. The first-order chi connectivity index (χ1) is 16.3. The Balaban J connectivity index is 1.88. The van der Waals surface area contributed by atoms with Crippen molar-refractivity contribution >= 4 is 33.6 Å². The summed E-state index contributed by atoms with van der Waals surface area (Å²) in [6.45, 7) is 6.04. The predicted molar refractivity (Wildman–Crippen MR) is 134 cm³/mol. The van der Waals surface area contributed by atoms with E-state index < -0.39 is 5.91 Å². The zero-order valence-electron chi connectivity index (χ0n) is 19.1. The summed E-state index contributed by atoms with van der Waals surface area (Å²) < 4.78 is 26.1. The average Bonchev–Trinajstić information content (AvgIpc) is 2.81. The van der Waals surface area contributed by atoms with Gasteiger partial charge in [-0.25, -0.2) is 4.39 Å². The molecule has 7 heteroatoms. The monoisotopic (exact) mass is 522 g/mol. The molecule has 3 aromatic rings. The van der Waals surface area contributed by atoms with Crippen LogP contribution in [0.25, 0.3) is 6.08 Å². The molecule has 0 atom stereocenters.